The maximum absolute atomic E-state index is 13.6. The van der Waals surface area contributed by atoms with Gasteiger partial charge in [0.1, 0.15) is 6.04 Å². The molecule has 5 aliphatic heterocycles. The number of rotatable bonds is 4. The molecule has 298 valence electrons. The van der Waals surface area contributed by atoms with Gasteiger partial charge in [0.05, 0.1) is 58.2 Å². The largest absolute Gasteiger partial charge is 0.464 e. The molecule has 6 bridgehead atoms. The molecule has 56 heavy (non-hydrogen) atoms. The topological polar surface area (TPSA) is 131 Å². The number of carbonyl (C=O) groups is 2. The van der Waals surface area contributed by atoms with Crippen molar-refractivity contribution >= 4 is 39.8 Å². The molecule has 9 rings (SSSR count). The lowest BCUT2D eigenvalue weighted by molar-refractivity contribution is -0.154. The number of hydrogen-bond donors (Lipinski definition) is 2. The average molecular weight is 781 g/mol. The second-order valence-corrected chi connectivity index (χ2v) is 18.4. The zero-order valence-electron chi connectivity index (χ0n) is 33.3. The number of fused-ring (bicyclic) bond motifs is 7. The first-order chi connectivity index (χ1) is 27.1. The number of aryl methyl sites for hydroxylation is 2. The fourth-order valence-electron chi connectivity index (χ4n) is 9.80. The van der Waals surface area contributed by atoms with Crippen LogP contribution in [-0.2, 0) is 44.9 Å². The number of piperazine rings is 1. The summed E-state index contributed by atoms with van der Waals surface area (Å²) in [6, 6.07) is 6.21. The van der Waals surface area contributed by atoms with Gasteiger partial charge in [-0.1, -0.05) is 20.3 Å². The molecule has 0 saturated carbocycles. The van der Waals surface area contributed by atoms with Crippen molar-refractivity contribution in [3.8, 4) is 22.5 Å². The van der Waals surface area contributed by atoms with Crippen LogP contribution in [0, 0.1) is 5.41 Å². The number of nitrogens with one attached hydrogen (secondary N) is 1. The molecule has 0 spiro atoms. The van der Waals surface area contributed by atoms with Crippen molar-refractivity contribution in [3.05, 3.63) is 51.6 Å². The van der Waals surface area contributed by atoms with Crippen LogP contribution in [0.4, 0.5) is 5.69 Å². The minimum absolute atomic E-state index is 0.215. The Hall–Kier alpha value is -3.88. The number of nitrogens with two attached hydrogens (primary N) is 1. The zero-order valence-corrected chi connectivity index (χ0v) is 34.1. The molecule has 8 heterocycles. The Morgan fingerprint density at radius 3 is 2.79 bits per heavy atom. The Morgan fingerprint density at radius 2 is 1.93 bits per heavy atom. The van der Waals surface area contributed by atoms with Crippen LogP contribution in [0.5, 0.6) is 0 Å². The quantitative estimate of drug-likeness (QED) is 0.251. The van der Waals surface area contributed by atoms with Crippen LogP contribution in [0.25, 0.3) is 33.4 Å². The first-order valence-corrected chi connectivity index (χ1v) is 21.6. The Labute approximate surface area is 333 Å². The maximum Gasteiger partial charge on any atom is 0.324 e. The third kappa shape index (κ3) is 7.03. The minimum atomic E-state index is -0.777. The van der Waals surface area contributed by atoms with E-state index in [4.69, 9.17) is 25.2 Å². The van der Waals surface area contributed by atoms with E-state index in [1.165, 1.54) is 58.5 Å². The van der Waals surface area contributed by atoms with Crippen molar-refractivity contribution in [3.63, 3.8) is 0 Å². The van der Waals surface area contributed by atoms with Crippen molar-refractivity contribution in [1.29, 1.82) is 0 Å². The summed E-state index contributed by atoms with van der Waals surface area (Å²) < 4.78 is 14.7. The fourth-order valence-corrected chi connectivity index (χ4v) is 10.7. The van der Waals surface area contributed by atoms with Gasteiger partial charge >= 0.3 is 5.97 Å². The van der Waals surface area contributed by atoms with E-state index >= 15 is 0 Å². The number of amides is 1. The van der Waals surface area contributed by atoms with Crippen LogP contribution in [0.1, 0.15) is 87.2 Å². The predicted molar refractivity (Wildman–Crippen MR) is 219 cm³/mol. The van der Waals surface area contributed by atoms with Crippen LogP contribution in [0.2, 0.25) is 0 Å². The minimum Gasteiger partial charge on any atom is -0.464 e. The summed E-state index contributed by atoms with van der Waals surface area (Å²) in [7, 11) is 1.76. The van der Waals surface area contributed by atoms with Gasteiger partial charge in [0.2, 0.25) is 0 Å². The van der Waals surface area contributed by atoms with Gasteiger partial charge < -0.3 is 24.7 Å². The highest BCUT2D eigenvalue weighted by molar-refractivity contribution is 7.10. The van der Waals surface area contributed by atoms with Gasteiger partial charge in [-0.25, -0.2) is 10.4 Å². The molecule has 0 aliphatic carbocycles. The summed E-state index contributed by atoms with van der Waals surface area (Å²) in [5.41, 5.74) is 19.4. The Kier molecular flexibility index (Phi) is 10.2. The Morgan fingerprint density at radius 1 is 1.05 bits per heavy atom. The summed E-state index contributed by atoms with van der Waals surface area (Å²) in [4.78, 5) is 42.6. The SMILES string of the molecule is CO[C@@H](C)c1ncc(N2CCN3CCCC[C@@H]3C2)cc1-c1c2c3cc(cc4c3n1CCC4)-c1csc(n1)C[C@H](N)C(=O)N1CCC[C@H](N1)C(=O)OCC(C)(C)C2. The highest BCUT2D eigenvalue weighted by atomic mass is 32.1. The standard InChI is InChI=1S/C43H56N8O4S/c1-26(54-4)38-32(19-30(22-45-38)49-16-15-48-12-6-5-10-29(48)23-49)40-33-21-43(2,3)25-55-42(53)35-11-8-14-51(47-35)41(52)34(44)20-37-46-36(24-56-37)28-17-27-9-7-13-50(40)39(27)31(33)18-28/h17-19,22,24,26,29,34-35,47H,5-16,20-21,23,25,44H2,1-4H3/t26-,29+,34-,35-/m0/s1. The number of ether oxygens (including phenoxy) is 2. The fraction of sp³-hybridized carbons (Fsp3) is 0.581. The predicted octanol–water partition coefficient (Wildman–Crippen LogP) is 5.65. The van der Waals surface area contributed by atoms with Crippen LogP contribution in [0.15, 0.2) is 29.8 Å². The second-order valence-electron chi connectivity index (χ2n) is 17.4. The first kappa shape index (κ1) is 37.7. The zero-order chi connectivity index (χ0) is 38.7. The summed E-state index contributed by atoms with van der Waals surface area (Å²) in [6.45, 7) is 12.4. The summed E-state index contributed by atoms with van der Waals surface area (Å²) >= 11 is 1.54. The van der Waals surface area contributed by atoms with E-state index in [0.717, 1.165) is 72.2 Å². The molecule has 0 unspecified atom stereocenters. The van der Waals surface area contributed by atoms with E-state index < -0.39 is 17.5 Å². The molecule has 1 aromatic carbocycles. The van der Waals surface area contributed by atoms with E-state index in [0.29, 0.717) is 38.3 Å². The van der Waals surface area contributed by atoms with Crippen LogP contribution >= 0.6 is 11.3 Å². The molecular weight excluding hydrogens is 725 g/mol. The number of piperidine rings is 1. The Bertz CT molecular complexity index is 2140. The second kappa shape index (κ2) is 15.1. The molecule has 5 aliphatic rings. The van der Waals surface area contributed by atoms with Gasteiger partial charge in [0, 0.05) is 79.6 Å². The number of esters is 1. The van der Waals surface area contributed by atoms with Crippen molar-refractivity contribution < 1.29 is 19.1 Å². The van der Waals surface area contributed by atoms with Crippen molar-refractivity contribution in [2.45, 2.75) is 109 Å². The number of pyridine rings is 1. The number of carbonyl (C=O) groups excluding carboxylic acids is 2. The highest BCUT2D eigenvalue weighted by Crippen LogP contribution is 2.45. The van der Waals surface area contributed by atoms with E-state index in [9.17, 15) is 9.59 Å². The molecule has 4 aromatic rings. The number of anilines is 1. The van der Waals surface area contributed by atoms with E-state index in [2.05, 4.69) is 70.3 Å². The molecule has 13 heteroatoms. The lowest BCUT2D eigenvalue weighted by Crippen LogP contribution is -2.59. The van der Waals surface area contributed by atoms with Gasteiger partial charge in [-0.05, 0) is 87.7 Å². The van der Waals surface area contributed by atoms with Crippen LogP contribution in [-0.4, -0.2) is 101 Å². The number of thiazole rings is 1. The summed E-state index contributed by atoms with van der Waals surface area (Å²) in [5.74, 6) is -0.576. The third-order valence-electron chi connectivity index (χ3n) is 12.8. The van der Waals surface area contributed by atoms with Crippen molar-refractivity contribution in [2.75, 3.05) is 51.3 Å². The van der Waals surface area contributed by atoms with Crippen molar-refractivity contribution in [2.24, 2.45) is 11.1 Å². The van der Waals surface area contributed by atoms with Gasteiger partial charge in [-0.3, -0.25) is 24.5 Å². The summed E-state index contributed by atoms with van der Waals surface area (Å²) in [6.07, 6.45) is 9.97. The number of methoxy groups -OCH3 is 1. The van der Waals surface area contributed by atoms with Gasteiger partial charge in [-0.15, -0.1) is 11.3 Å². The normalized spacial score (nSPS) is 25.1. The number of benzene rings is 1. The molecular formula is C43H56N8O4S. The molecule has 0 radical (unpaired) electrons. The maximum atomic E-state index is 13.6. The van der Waals surface area contributed by atoms with E-state index in [1.807, 2.05) is 0 Å². The van der Waals surface area contributed by atoms with E-state index in [1.54, 1.807) is 18.4 Å². The smallest absolute Gasteiger partial charge is 0.324 e. The number of cyclic esters (lactones) is 1. The van der Waals surface area contributed by atoms with E-state index in [-0.39, 0.29) is 24.6 Å². The van der Waals surface area contributed by atoms with Crippen LogP contribution in [0.3, 0.4) is 0 Å². The van der Waals surface area contributed by atoms with Crippen LogP contribution < -0.4 is 16.1 Å². The van der Waals surface area contributed by atoms with Gasteiger partial charge in [0.15, 0.2) is 0 Å². The monoisotopic (exact) mass is 780 g/mol. The molecule has 4 atom stereocenters. The highest BCUT2D eigenvalue weighted by Gasteiger charge is 2.36. The number of aromatic nitrogens is 3. The molecule has 3 N–H and O–H groups in total. The number of nitrogens with zero attached hydrogens (tertiary/aromatic N) is 6. The molecule has 3 saturated heterocycles. The van der Waals surface area contributed by atoms with Gasteiger partial charge in [-0.2, -0.15) is 0 Å². The summed E-state index contributed by atoms with van der Waals surface area (Å²) in [5, 5.41) is 5.63. The lowest BCUT2D eigenvalue weighted by Gasteiger charge is -2.45. The number of hydrogen-bond acceptors (Lipinski definition) is 11. The Balaban J connectivity index is 1.20. The molecule has 1 amide bonds. The molecule has 12 nitrogen and oxygen atoms in total. The third-order valence-corrected chi connectivity index (χ3v) is 13.7. The average Bonchev–Trinajstić information content (AvgIpc) is 3.81. The van der Waals surface area contributed by atoms with Crippen molar-refractivity contribution in [1.82, 2.24) is 29.9 Å². The lowest BCUT2D eigenvalue weighted by atomic mass is 9.84. The molecule has 3 fully saturated rings. The molecule has 3 aromatic heterocycles. The van der Waals surface area contributed by atoms with Gasteiger partial charge in [0.25, 0.3) is 5.91 Å². The first-order valence-electron chi connectivity index (χ1n) is 20.7. The number of hydrazine groups is 1.